The summed E-state index contributed by atoms with van der Waals surface area (Å²) in [6.07, 6.45) is 0. The van der Waals surface area contributed by atoms with Crippen LogP contribution in [0.4, 0.5) is 0 Å². The van der Waals surface area contributed by atoms with E-state index in [1.54, 1.807) is 24.3 Å². The Kier molecular flexibility index (Phi) is 6.35. The predicted octanol–water partition coefficient (Wildman–Crippen LogP) is 0.323. The predicted molar refractivity (Wildman–Crippen MR) is 107 cm³/mol. The first-order chi connectivity index (χ1) is 14.3. The topological polar surface area (TPSA) is 150 Å². The first-order valence-electron chi connectivity index (χ1n) is 8.65. The second-order valence-corrected chi connectivity index (χ2v) is 7.82. The second kappa shape index (κ2) is 9.11. The zero-order chi connectivity index (χ0) is 21.6. The Bertz CT molecular complexity index is 1200. The summed E-state index contributed by atoms with van der Waals surface area (Å²) in [5.41, 5.74) is 4.51. The molecule has 4 N–H and O–H groups in total. The lowest BCUT2D eigenvalue weighted by molar-refractivity contribution is 0.0843. The van der Waals surface area contributed by atoms with Gasteiger partial charge in [-0.2, -0.15) is 5.10 Å². The standard InChI is InChI=1S/C19H17N5O5S/c25-17-10-9-16(21-22-17)19(27)24-23-18(26)14-7-4-8-15(11-14)30(28,29)20-12-13-5-2-1-3-6-13/h1-11,20H,12H2,(H,22,25)(H,23,26)(H,24,27). The number of hydrogen-bond donors (Lipinski definition) is 4. The minimum Gasteiger partial charge on any atom is -0.268 e. The van der Waals surface area contributed by atoms with Gasteiger partial charge in [0.1, 0.15) is 0 Å². The van der Waals surface area contributed by atoms with Crippen LogP contribution in [0.25, 0.3) is 0 Å². The van der Waals surface area contributed by atoms with Gasteiger partial charge in [0, 0.05) is 18.2 Å². The van der Waals surface area contributed by atoms with Crippen LogP contribution < -0.4 is 21.1 Å². The molecule has 154 valence electrons. The average Bonchev–Trinajstić information content (AvgIpc) is 2.77. The summed E-state index contributed by atoms with van der Waals surface area (Å²) in [5, 5.41) is 5.63. The van der Waals surface area contributed by atoms with E-state index in [2.05, 4.69) is 25.8 Å². The molecule has 2 aromatic carbocycles. The van der Waals surface area contributed by atoms with Crippen molar-refractivity contribution >= 4 is 21.8 Å². The molecular weight excluding hydrogens is 410 g/mol. The molecule has 11 heteroatoms. The van der Waals surface area contributed by atoms with Crippen LogP contribution in [-0.4, -0.2) is 30.4 Å². The fraction of sp³-hybridized carbons (Fsp3) is 0.0526. The van der Waals surface area contributed by atoms with Crippen LogP contribution in [-0.2, 0) is 16.6 Å². The normalized spacial score (nSPS) is 10.9. The fourth-order valence-corrected chi connectivity index (χ4v) is 3.45. The summed E-state index contributed by atoms with van der Waals surface area (Å²) in [6.45, 7) is 0.0990. The van der Waals surface area contributed by atoms with E-state index in [-0.39, 0.29) is 22.7 Å². The average molecular weight is 427 g/mol. The third-order valence-electron chi connectivity index (χ3n) is 3.92. The van der Waals surface area contributed by atoms with Gasteiger partial charge in [-0.25, -0.2) is 18.2 Å². The number of nitrogens with one attached hydrogen (secondary N) is 4. The summed E-state index contributed by atoms with van der Waals surface area (Å²) in [7, 11) is -3.85. The smallest absolute Gasteiger partial charge is 0.268 e. The largest absolute Gasteiger partial charge is 0.290 e. The number of nitrogens with zero attached hydrogens (tertiary/aromatic N) is 1. The van der Waals surface area contributed by atoms with Crippen molar-refractivity contribution in [2.24, 2.45) is 0 Å². The lowest BCUT2D eigenvalue weighted by Gasteiger charge is -2.10. The highest BCUT2D eigenvalue weighted by Crippen LogP contribution is 2.12. The molecule has 0 saturated heterocycles. The van der Waals surface area contributed by atoms with E-state index >= 15 is 0 Å². The summed E-state index contributed by atoms with van der Waals surface area (Å²) in [5.74, 6) is -1.49. The molecule has 30 heavy (non-hydrogen) atoms. The van der Waals surface area contributed by atoms with Gasteiger partial charge in [-0.3, -0.25) is 25.2 Å². The summed E-state index contributed by atoms with van der Waals surface area (Å²) >= 11 is 0. The van der Waals surface area contributed by atoms with Crippen molar-refractivity contribution < 1.29 is 18.0 Å². The Hall–Kier alpha value is -3.83. The van der Waals surface area contributed by atoms with E-state index in [0.29, 0.717) is 0 Å². The second-order valence-electron chi connectivity index (χ2n) is 6.05. The number of sulfonamides is 1. The number of hydrogen-bond acceptors (Lipinski definition) is 6. The minimum atomic E-state index is -3.85. The molecule has 0 aliphatic carbocycles. The summed E-state index contributed by atoms with van der Waals surface area (Å²) in [4.78, 5) is 35.1. The van der Waals surface area contributed by atoms with Crippen molar-refractivity contribution in [1.82, 2.24) is 25.8 Å². The minimum absolute atomic E-state index is 0.0207. The zero-order valence-corrected chi connectivity index (χ0v) is 16.3. The molecule has 3 aromatic rings. The molecule has 10 nitrogen and oxygen atoms in total. The number of aromatic nitrogens is 2. The monoisotopic (exact) mass is 427 g/mol. The van der Waals surface area contributed by atoms with E-state index < -0.39 is 27.4 Å². The van der Waals surface area contributed by atoms with Crippen LogP contribution in [0.5, 0.6) is 0 Å². The molecular formula is C19H17N5O5S. The first-order valence-corrected chi connectivity index (χ1v) is 10.1. The van der Waals surface area contributed by atoms with Crippen molar-refractivity contribution in [3.63, 3.8) is 0 Å². The molecule has 0 unspecified atom stereocenters. The van der Waals surface area contributed by atoms with Gasteiger partial charge in [-0.15, -0.1) is 0 Å². The number of H-pyrrole nitrogens is 1. The molecule has 0 spiro atoms. The van der Waals surface area contributed by atoms with E-state index in [0.717, 1.165) is 11.6 Å². The van der Waals surface area contributed by atoms with Crippen molar-refractivity contribution in [3.05, 3.63) is 93.9 Å². The van der Waals surface area contributed by atoms with E-state index in [1.807, 2.05) is 6.07 Å². The zero-order valence-electron chi connectivity index (χ0n) is 15.5. The van der Waals surface area contributed by atoms with Gasteiger partial charge in [0.15, 0.2) is 5.69 Å². The number of aromatic amines is 1. The number of benzene rings is 2. The van der Waals surface area contributed by atoms with Gasteiger partial charge in [0.05, 0.1) is 4.90 Å². The molecule has 1 aromatic heterocycles. The van der Waals surface area contributed by atoms with Crippen LogP contribution in [0, 0.1) is 0 Å². The van der Waals surface area contributed by atoms with Crippen LogP contribution in [0.1, 0.15) is 26.4 Å². The van der Waals surface area contributed by atoms with Crippen LogP contribution in [0.15, 0.2) is 76.4 Å². The van der Waals surface area contributed by atoms with Gasteiger partial charge in [-0.05, 0) is 29.8 Å². The van der Waals surface area contributed by atoms with Gasteiger partial charge >= 0.3 is 0 Å². The van der Waals surface area contributed by atoms with Crippen LogP contribution in [0.2, 0.25) is 0 Å². The lowest BCUT2D eigenvalue weighted by Crippen LogP contribution is -2.42. The Labute approximate surface area is 171 Å². The fourth-order valence-electron chi connectivity index (χ4n) is 2.38. The number of amides is 2. The van der Waals surface area contributed by atoms with Crippen molar-refractivity contribution in [2.45, 2.75) is 11.4 Å². The van der Waals surface area contributed by atoms with Crippen molar-refractivity contribution in [2.75, 3.05) is 0 Å². The molecule has 0 aliphatic heterocycles. The number of carbonyl (C=O) groups is 2. The molecule has 2 amide bonds. The Balaban J connectivity index is 1.65. The Morgan fingerprint density at radius 2 is 1.63 bits per heavy atom. The van der Waals surface area contributed by atoms with Gasteiger partial charge in [-0.1, -0.05) is 36.4 Å². The highest BCUT2D eigenvalue weighted by Gasteiger charge is 2.17. The quantitative estimate of drug-likeness (QED) is 0.416. The number of carbonyl (C=O) groups excluding carboxylic acids is 2. The van der Waals surface area contributed by atoms with Crippen molar-refractivity contribution in [1.29, 1.82) is 0 Å². The van der Waals surface area contributed by atoms with Gasteiger partial charge in [0.2, 0.25) is 10.0 Å². The van der Waals surface area contributed by atoms with Gasteiger partial charge < -0.3 is 0 Å². The van der Waals surface area contributed by atoms with Crippen LogP contribution >= 0.6 is 0 Å². The lowest BCUT2D eigenvalue weighted by atomic mass is 10.2. The third kappa shape index (κ3) is 5.37. The third-order valence-corrected chi connectivity index (χ3v) is 5.32. The molecule has 0 aliphatic rings. The molecule has 0 atom stereocenters. The number of hydrazine groups is 1. The first kappa shape index (κ1) is 20.9. The van der Waals surface area contributed by atoms with E-state index in [9.17, 15) is 22.8 Å². The highest BCUT2D eigenvalue weighted by atomic mass is 32.2. The molecule has 0 bridgehead atoms. The molecule has 1 heterocycles. The van der Waals surface area contributed by atoms with Crippen molar-refractivity contribution in [3.8, 4) is 0 Å². The SMILES string of the molecule is O=C(NNC(=O)c1ccc(=O)[nH]n1)c1cccc(S(=O)(=O)NCc2ccccc2)c1. The van der Waals surface area contributed by atoms with E-state index in [4.69, 9.17) is 0 Å². The summed E-state index contributed by atoms with van der Waals surface area (Å²) in [6, 6.07) is 16.6. The summed E-state index contributed by atoms with van der Waals surface area (Å²) < 4.78 is 27.5. The molecule has 0 saturated carbocycles. The maximum absolute atomic E-state index is 12.5. The number of rotatable bonds is 6. The molecule has 0 fully saturated rings. The van der Waals surface area contributed by atoms with Gasteiger partial charge in [0.25, 0.3) is 17.4 Å². The maximum atomic E-state index is 12.5. The van der Waals surface area contributed by atoms with E-state index in [1.165, 1.54) is 30.3 Å². The van der Waals surface area contributed by atoms with Crippen LogP contribution in [0.3, 0.4) is 0 Å². The molecule has 3 rings (SSSR count). The maximum Gasteiger partial charge on any atom is 0.290 e. The Morgan fingerprint density at radius 3 is 2.33 bits per heavy atom. The highest BCUT2D eigenvalue weighted by molar-refractivity contribution is 7.89. The molecule has 0 radical (unpaired) electrons. The Morgan fingerprint density at radius 1 is 0.900 bits per heavy atom.